The fourth-order valence-electron chi connectivity index (χ4n) is 5.24. The zero-order chi connectivity index (χ0) is 25.3. The van der Waals surface area contributed by atoms with Gasteiger partial charge in [0.2, 0.25) is 5.88 Å². The number of halogens is 1. The Bertz CT molecular complexity index is 1080. The molecule has 0 radical (unpaired) electrons. The Hall–Kier alpha value is -1.69. The molecule has 1 spiro atoms. The van der Waals surface area contributed by atoms with Gasteiger partial charge in [0.1, 0.15) is 21.8 Å². The number of hydrogen-bond acceptors (Lipinski definition) is 10. The summed E-state index contributed by atoms with van der Waals surface area (Å²) < 4.78 is 17.3. The summed E-state index contributed by atoms with van der Waals surface area (Å²) in [7, 11) is 0. The van der Waals surface area contributed by atoms with Crippen LogP contribution >= 0.6 is 23.4 Å². The van der Waals surface area contributed by atoms with E-state index >= 15 is 0 Å². The maximum Gasteiger partial charge on any atom is 0.234 e. The van der Waals surface area contributed by atoms with Gasteiger partial charge in [-0.25, -0.2) is 15.0 Å². The zero-order valence-corrected chi connectivity index (χ0v) is 22.4. The fourth-order valence-corrected chi connectivity index (χ4v) is 6.38. The number of hydrogen-bond donors (Lipinski definition) is 2. The average Bonchev–Trinajstić information content (AvgIpc) is 3.17. The molecule has 0 aromatic carbocycles. The Kier molecular flexibility index (Phi) is 9.19. The molecule has 204 valence electrons. The number of ether oxygens (including phenoxy) is 3. The van der Waals surface area contributed by atoms with Crippen molar-refractivity contribution in [2.45, 2.75) is 81.7 Å². The third-order valence-corrected chi connectivity index (χ3v) is 9.23. The van der Waals surface area contributed by atoms with Crippen LogP contribution in [0.1, 0.15) is 51.4 Å². The molecular formula is C26H38ClN5O4S. The van der Waals surface area contributed by atoms with Crippen molar-refractivity contribution < 1.29 is 19.3 Å². The molecule has 0 aliphatic carbocycles. The van der Waals surface area contributed by atoms with Crippen molar-refractivity contribution in [3.8, 4) is 5.88 Å². The first-order valence-electron chi connectivity index (χ1n) is 12.6. The molecule has 5 rings (SSSR count). The topological polar surface area (TPSA) is 116 Å². The van der Waals surface area contributed by atoms with Crippen molar-refractivity contribution in [1.82, 2.24) is 15.0 Å². The van der Waals surface area contributed by atoms with Gasteiger partial charge in [0.05, 0.1) is 38.2 Å². The summed E-state index contributed by atoms with van der Waals surface area (Å²) in [6, 6.07) is 1.89. The number of pyridine rings is 1. The molecule has 3 N–H and O–H groups in total. The van der Waals surface area contributed by atoms with Gasteiger partial charge in [-0.2, -0.15) is 0 Å². The largest absolute Gasteiger partial charge is 0.473 e. The zero-order valence-electron chi connectivity index (χ0n) is 20.8. The smallest absolute Gasteiger partial charge is 0.234 e. The van der Waals surface area contributed by atoms with Gasteiger partial charge >= 0.3 is 0 Å². The quantitative estimate of drug-likeness (QED) is 0.545. The number of nitrogens with two attached hydrogens (primary N) is 1. The molecule has 3 aliphatic heterocycles. The maximum absolute atomic E-state index is 10.1. The van der Waals surface area contributed by atoms with Crippen molar-refractivity contribution in [2.75, 3.05) is 37.8 Å². The van der Waals surface area contributed by atoms with E-state index in [1.54, 1.807) is 6.20 Å². The Balaban J connectivity index is 0.00000320. The first-order valence-corrected chi connectivity index (χ1v) is 13.8. The number of rotatable bonds is 6. The van der Waals surface area contributed by atoms with Crippen LogP contribution in [0.5, 0.6) is 5.88 Å². The number of aromatic nitrogens is 3. The van der Waals surface area contributed by atoms with Gasteiger partial charge in [-0.3, -0.25) is 0 Å². The first kappa shape index (κ1) is 28.3. The summed E-state index contributed by atoms with van der Waals surface area (Å²) in [4.78, 5) is 17.0. The third kappa shape index (κ3) is 5.84. The summed E-state index contributed by atoms with van der Waals surface area (Å²) >= 11 is 8.08. The van der Waals surface area contributed by atoms with E-state index in [9.17, 15) is 5.11 Å². The molecule has 3 fully saturated rings. The van der Waals surface area contributed by atoms with Gasteiger partial charge in [-0.1, -0.05) is 30.8 Å². The molecule has 2 aromatic rings. The van der Waals surface area contributed by atoms with Crippen LogP contribution in [0.3, 0.4) is 0 Å². The van der Waals surface area contributed by atoms with Crippen LogP contribution in [0.2, 0.25) is 5.02 Å². The number of aliphatic hydroxyl groups is 1. The highest BCUT2D eigenvalue weighted by molar-refractivity contribution is 7.99. The van der Waals surface area contributed by atoms with Crippen molar-refractivity contribution in [3.63, 3.8) is 0 Å². The van der Waals surface area contributed by atoms with E-state index < -0.39 is 0 Å². The molecule has 0 amide bonds. The Morgan fingerprint density at radius 1 is 1.27 bits per heavy atom. The van der Waals surface area contributed by atoms with E-state index in [2.05, 4.69) is 16.8 Å². The lowest BCUT2D eigenvalue weighted by atomic mass is 9.73. The number of anilines is 1. The predicted octanol–water partition coefficient (Wildman–Crippen LogP) is 4.00. The molecule has 3 saturated heterocycles. The molecule has 0 bridgehead atoms. The van der Waals surface area contributed by atoms with Crippen LogP contribution in [0.4, 0.5) is 5.82 Å². The van der Waals surface area contributed by atoms with Crippen LogP contribution in [0.15, 0.2) is 22.2 Å². The van der Waals surface area contributed by atoms with E-state index in [1.807, 2.05) is 13.0 Å². The second-order valence-electron chi connectivity index (χ2n) is 9.89. The molecule has 0 unspecified atom stereocenters. The summed E-state index contributed by atoms with van der Waals surface area (Å²) in [6.07, 6.45) is 5.32. The van der Waals surface area contributed by atoms with Crippen molar-refractivity contribution in [1.29, 1.82) is 0 Å². The highest BCUT2D eigenvalue weighted by Gasteiger charge is 2.47. The lowest BCUT2D eigenvalue weighted by Gasteiger charge is -2.42. The van der Waals surface area contributed by atoms with Crippen LogP contribution < -0.4 is 15.4 Å². The molecule has 5 heterocycles. The summed E-state index contributed by atoms with van der Waals surface area (Å²) in [5.74, 6) is 1.16. The molecule has 0 saturated carbocycles. The molecule has 3 aliphatic rings. The van der Waals surface area contributed by atoms with Gasteiger partial charge in [0.25, 0.3) is 0 Å². The molecule has 37 heavy (non-hydrogen) atoms. The number of piperidine rings is 1. The second-order valence-corrected chi connectivity index (χ2v) is 11.3. The second kappa shape index (κ2) is 12.0. The Labute approximate surface area is 228 Å². The molecule has 2 atom stereocenters. The van der Waals surface area contributed by atoms with Gasteiger partial charge in [0.15, 0.2) is 5.82 Å². The van der Waals surface area contributed by atoms with Crippen molar-refractivity contribution >= 4 is 29.2 Å². The van der Waals surface area contributed by atoms with Crippen LogP contribution in [0, 0.1) is 12.3 Å². The predicted molar refractivity (Wildman–Crippen MR) is 145 cm³/mol. The minimum absolute atomic E-state index is 0. The van der Waals surface area contributed by atoms with E-state index in [0.717, 1.165) is 55.2 Å². The fraction of sp³-hybridized carbons (Fsp3) is 0.654. The number of nitrogens with zero attached hydrogens (tertiary/aromatic N) is 4. The summed E-state index contributed by atoms with van der Waals surface area (Å²) in [5.41, 5.74) is 7.84. The van der Waals surface area contributed by atoms with Crippen LogP contribution in [-0.2, 0) is 16.1 Å². The van der Waals surface area contributed by atoms with E-state index in [-0.39, 0.29) is 37.7 Å². The molecule has 9 nitrogen and oxygen atoms in total. The number of aryl methyl sites for hydroxylation is 1. The summed E-state index contributed by atoms with van der Waals surface area (Å²) in [5, 5.41) is 11.3. The minimum Gasteiger partial charge on any atom is -0.473 e. The third-order valence-electron chi connectivity index (χ3n) is 7.61. The molecular weight excluding hydrogens is 514 g/mol. The van der Waals surface area contributed by atoms with E-state index in [0.29, 0.717) is 41.4 Å². The van der Waals surface area contributed by atoms with Crippen LogP contribution in [0.25, 0.3) is 0 Å². The Morgan fingerprint density at radius 2 is 2.00 bits per heavy atom. The minimum atomic E-state index is -0.195. The standard InChI is InChI=1S/C25H34ClN5O4S.CH4/c1-15-24(36-19-3-8-28-23(20(19)26)35-17-4-11-33-12-5-17)30-18(13-32)22(29-15)31-9-6-25(7-10-31)14-34-16(2)21(25)27;/h3,8,16-17,21,32H,4-7,9-14,27H2,1-2H3;1H4/t16-,21+;/m0./s1. The number of aliphatic hydroxyl groups excluding tert-OH is 1. The highest BCUT2D eigenvalue weighted by Crippen LogP contribution is 2.43. The molecule has 2 aromatic heterocycles. The Morgan fingerprint density at radius 3 is 2.65 bits per heavy atom. The monoisotopic (exact) mass is 551 g/mol. The van der Waals surface area contributed by atoms with Gasteiger partial charge in [0, 0.05) is 48.5 Å². The van der Waals surface area contributed by atoms with Crippen LogP contribution in [-0.4, -0.2) is 71.2 Å². The summed E-state index contributed by atoms with van der Waals surface area (Å²) in [6.45, 7) is 7.47. The highest BCUT2D eigenvalue weighted by atomic mass is 35.5. The van der Waals surface area contributed by atoms with Crippen molar-refractivity contribution in [2.24, 2.45) is 11.1 Å². The molecule has 11 heteroatoms. The van der Waals surface area contributed by atoms with E-state index in [1.165, 1.54) is 11.8 Å². The lowest BCUT2D eigenvalue weighted by Crippen LogP contribution is -2.51. The first-order chi connectivity index (χ1) is 17.4. The normalized spacial score (nSPS) is 23.8. The van der Waals surface area contributed by atoms with E-state index in [4.69, 9.17) is 41.5 Å². The van der Waals surface area contributed by atoms with Crippen molar-refractivity contribution in [3.05, 3.63) is 28.7 Å². The van der Waals surface area contributed by atoms with Gasteiger partial charge < -0.3 is 30.0 Å². The average molecular weight is 552 g/mol. The SMILES string of the molecule is C.Cc1nc(N2CCC3(CC2)CO[C@@H](C)[C@H]3N)c(CO)nc1Sc1ccnc(OC2CCOCC2)c1Cl. The lowest BCUT2D eigenvalue weighted by molar-refractivity contribution is 0.0237. The maximum atomic E-state index is 10.1. The van der Waals surface area contributed by atoms with Gasteiger partial charge in [-0.15, -0.1) is 0 Å². The van der Waals surface area contributed by atoms with Gasteiger partial charge in [-0.05, 0) is 32.8 Å².